The average molecular weight is 1450 g/mol. The number of phosphoric ester groups is 2. The first kappa shape index (κ1) is 97.1. The molecule has 2 unspecified atom stereocenters. The zero-order valence-corrected chi connectivity index (χ0v) is 66.4. The molecule has 0 heterocycles. The smallest absolute Gasteiger partial charge is 0.462 e. The summed E-state index contributed by atoms with van der Waals surface area (Å²) in [6.07, 6.45) is 64.0. The molecule has 19 heteroatoms. The quantitative estimate of drug-likeness (QED) is 0.0222. The van der Waals surface area contributed by atoms with Crippen LogP contribution in [0.5, 0.6) is 0 Å². The monoisotopic (exact) mass is 1450 g/mol. The maximum Gasteiger partial charge on any atom is 0.472 e. The fraction of sp³-hybridized carbons (Fsp3) is 0.950. The van der Waals surface area contributed by atoms with E-state index in [4.69, 9.17) is 37.0 Å². The molecule has 0 rings (SSSR count). The molecule has 0 radical (unpaired) electrons. The molecule has 0 saturated heterocycles. The lowest BCUT2D eigenvalue weighted by molar-refractivity contribution is -0.161. The van der Waals surface area contributed by atoms with Crippen LogP contribution in [0.2, 0.25) is 0 Å². The van der Waals surface area contributed by atoms with Crippen LogP contribution in [0.3, 0.4) is 0 Å². The van der Waals surface area contributed by atoms with Gasteiger partial charge in [0.15, 0.2) is 12.2 Å². The van der Waals surface area contributed by atoms with Crippen LogP contribution in [0.1, 0.15) is 426 Å². The Labute approximate surface area is 607 Å². The molecule has 0 aromatic heterocycles. The van der Waals surface area contributed by atoms with Gasteiger partial charge in [0, 0.05) is 25.7 Å². The summed E-state index contributed by atoms with van der Waals surface area (Å²) in [5, 5.41) is 10.6. The molecule has 0 aliphatic carbocycles. The average Bonchev–Trinajstić information content (AvgIpc) is 1.17. The zero-order valence-electron chi connectivity index (χ0n) is 64.6. The molecule has 588 valence electrons. The van der Waals surface area contributed by atoms with E-state index in [-0.39, 0.29) is 25.7 Å². The van der Waals surface area contributed by atoms with Gasteiger partial charge in [-0.25, -0.2) is 9.13 Å². The van der Waals surface area contributed by atoms with Crippen molar-refractivity contribution in [3.8, 4) is 0 Å². The summed E-state index contributed by atoms with van der Waals surface area (Å²) < 4.78 is 68.6. The Balaban J connectivity index is 5.17. The fourth-order valence-corrected chi connectivity index (χ4v) is 14.0. The van der Waals surface area contributed by atoms with Gasteiger partial charge in [-0.15, -0.1) is 0 Å². The van der Waals surface area contributed by atoms with Gasteiger partial charge in [-0.3, -0.25) is 37.3 Å². The molecule has 0 amide bonds. The minimum Gasteiger partial charge on any atom is -0.462 e. The Morgan fingerprint density at radius 2 is 0.465 bits per heavy atom. The lowest BCUT2D eigenvalue weighted by atomic mass is 10.0. The van der Waals surface area contributed by atoms with Crippen LogP contribution in [0, 0.1) is 5.92 Å². The number of aliphatic hydroxyl groups is 1. The van der Waals surface area contributed by atoms with E-state index in [1.165, 1.54) is 238 Å². The second kappa shape index (κ2) is 73.0. The van der Waals surface area contributed by atoms with Gasteiger partial charge in [-0.1, -0.05) is 375 Å². The summed E-state index contributed by atoms with van der Waals surface area (Å²) >= 11 is 0. The maximum atomic E-state index is 13.1. The highest BCUT2D eigenvalue weighted by Crippen LogP contribution is 2.45. The van der Waals surface area contributed by atoms with Crippen molar-refractivity contribution >= 4 is 39.5 Å². The third-order valence-electron chi connectivity index (χ3n) is 18.8. The molecule has 0 aromatic rings. The molecule has 17 nitrogen and oxygen atoms in total. The van der Waals surface area contributed by atoms with E-state index >= 15 is 0 Å². The number of esters is 4. The number of rotatable bonds is 80. The molecule has 0 aliphatic rings. The number of aliphatic hydroxyl groups excluding tert-OH is 1. The van der Waals surface area contributed by atoms with Crippen molar-refractivity contribution in [1.29, 1.82) is 0 Å². The first-order chi connectivity index (χ1) is 48.0. The first-order valence-corrected chi connectivity index (χ1v) is 44.6. The third kappa shape index (κ3) is 74.1. The first-order valence-electron chi connectivity index (χ1n) is 41.6. The fourth-order valence-electron chi connectivity index (χ4n) is 12.4. The van der Waals surface area contributed by atoms with Crippen molar-refractivity contribution < 1.29 is 80.2 Å². The van der Waals surface area contributed by atoms with Crippen molar-refractivity contribution in [1.82, 2.24) is 0 Å². The van der Waals surface area contributed by atoms with Crippen LogP contribution in [0.15, 0.2) is 0 Å². The van der Waals surface area contributed by atoms with Crippen molar-refractivity contribution in [2.75, 3.05) is 39.6 Å². The lowest BCUT2D eigenvalue weighted by Crippen LogP contribution is -2.30. The van der Waals surface area contributed by atoms with Gasteiger partial charge in [0.1, 0.15) is 19.3 Å². The van der Waals surface area contributed by atoms with Crippen molar-refractivity contribution in [3.63, 3.8) is 0 Å². The zero-order chi connectivity index (χ0) is 72.7. The topological polar surface area (TPSA) is 237 Å². The van der Waals surface area contributed by atoms with Crippen LogP contribution >= 0.6 is 15.6 Å². The van der Waals surface area contributed by atoms with E-state index in [0.717, 1.165) is 109 Å². The summed E-state index contributed by atoms with van der Waals surface area (Å²) in [6, 6.07) is 0. The van der Waals surface area contributed by atoms with E-state index in [9.17, 15) is 43.2 Å². The number of carbonyl (C=O) groups excluding carboxylic acids is 4. The van der Waals surface area contributed by atoms with Gasteiger partial charge in [-0.05, 0) is 31.6 Å². The summed E-state index contributed by atoms with van der Waals surface area (Å²) in [6.45, 7) is 7.31. The number of unbranched alkanes of at least 4 members (excludes halogenated alkanes) is 52. The van der Waals surface area contributed by atoms with Crippen molar-refractivity contribution in [2.45, 2.75) is 445 Å². The van der Waals surface area contributed by atoms with E-state index in [2.05, 4.69) is 34.6 Å². The van der Waals surface area contributed by atoms with E-state index in [1.807, 2.05) is 0 Å². The van der Waals surface area contributed by atoms with Crippen LogP contribution < -0.4 is 0 Å². The van der Waals surface area contributed by atoms with Crippen molar-refractivity contribution in [3.05, 3.63) is 0 Å². The molecule has 99 heavy (non-hydrogen) atoms. The highest BCUT2D eigenvalue weighted by Gasteiger charge is 2.30. The second-order valence-electron chi connectivity index (χ2n) is 29.3. The van der Waals surface area contributed by atoms with Gasteiger partial charge in [-0.2, -0.15) is 0 Å². The lowest BCUT2D eigenvalue weighted by Gasteiger charge is -2.21. The van der Waals surface area contributed by atoms with Gasteiger partial charge >= 0.3 is 39.5 Å². The summed E-state index contributed by atoms with van der Waals surface area (Å²) in [4.78, 5) is 72.8. The maximum absolute atomic E-state index is 13.1. The van der Waals surface area contributed by atoms with Crippen LogP contribution in [0.25, 0.3) is 0 Å². The summed E-state index contributed by atoms with van der Waals surface area (Å²) in [5.74, 6) is -1.31. The van der Waals surface area contributed by atoms with Crippen LogP contribution in [0.4, 0.5) is 0 Å². The third-order valence-corrected chi connectivity index (χ3v) is 20.7. The molecule has 0 bridgehead atoms. The van der Waals surface area contributed by atoms with E-state index in [0.29, 0.717) is 25.7 Å². The molecule has 5 atom stereocenters. The Morgan fingerprint density at radius 1 is 0.273 bits per heavy atom. The number of ether oxygens (including phenoxy) is 4. The molecular weight excluding hydrogens is 1290 g/mol. The molecule has 0 fully saturated rings. The molecule has 0 aromatic carbocycles. The normalized spacial score (nSPS) is 13.9. The SMILES string of the molecule is CCCCCCCCCCCCCCCCCCCCCCC(=O)O[C@H](COC(=O)CCCCCCCCCCCCCCCCCC(C)C)COP(=O)(O)OC[C@@H](O)COP(=O)(O)OC[C@@H](COC(=O)CCCCCCCCC)OC(=O)CCCCCCCCCCCCCCCC. The van der Waals surface area contributed by atoms with Gasteiger partial charge in [0.25, 0.3) is 0 Å². The Bertz CT molecular complexity index is 1890. The number of hydrogen-bond acceptors (Lipinski definition) is 15. The van der Waals surface area contributed by atoms with Gasteiger partial charge < -0.3 is 33.8 Å². The number of phosphoric acid groups is 2. The molecular formula is C80H156O17P2. The van der Waals surface area contributed by atoms with E-state index in [1.54, 1.807) is 0 Å². The van der Waals surface area contributed by atoms with Gasteiger partial charge in [0.05, 0.1) is 26.4 Å². The molecule has 3 N–H and O–H groups in total. The molecule has 0 saturated carbocycles. The van der Waals surface area contributed by atoms with Crippen molar-refractivity contribution in [2.24, 2.45) is 5.92 Å². The number of carbonyl (C=O) groups is 4. The van der Waals surface area contributed by atoms with Crippen LogP contribution in [-0.4, -0.2) is 96.7 Å². The highest BCUT2D eigenvalue weighted by atomic mass is 31.2. The molecule has 0 aliphatic heterocycles. The second-order valence-corrected chi connectivity index (χ2v) is 32.2. The number of hydrogen-bond donors (Lipinski definition) is 3. The minimum atomic E-state index is -4.96. The molecule has 0 spiro atoms. The summed E-state index contributed by atoms with van der Waals surface area (Å²) in [7, 11) is -9.91. The standard InChI is InChI=1S/C80H156O17P2/c1-6-9-12-15-18-20-22-24-26-27-28-29-30-33-38-42-46-51-56-61-66-80(85)97-76(70-91-78(83)64-59-54-49-44-40-37-34-31-32-35-39-43-48-52-57-62-73(4)5)72-95-99(88,89)93-68-74(81)67-92-98(86,87)94-71-75(69-90-77(82)63-58-53-47-17-14-11-8-3)96-79(84)65-60-55-50-45-41-36-25-23-21-19-16-13-10-7-2/h73-76,81H,6-72H2,1-5H3,(H,86,87)(H,88,89)/t74-,75+,76+/m0/s1. The highest BCUT2D eigenvalue weighted by molar-refractivity contribution is 7.47. The van der Waals surface area contributed by atoms with Gasteiger partial charge in [0.2, 0.25) is 0 Å². The van der Waals surface area contributed by atoms with E-state index < -0.39 is 97.5 Å². The van der Waals surface area contributed by atoms with Crippen LogP contribution in [-0.2, 0) is 65.4 Å². The Hall–Kier alpha value is -1.94. The minimum absolute atomic E-state index is 0.108. The predicted molar refractivity (Wildman–Crippen MR) is 405 cm³/mol. The Morgan fingerprint density at radius 3 is 0.687 bits per heavy atom. The largest absolute Gasteiger partial charge is 0.472 e. The predicted octanol–water partition coefficient (Wildman–Crippen LogP) is 24.0. The Kier molecular flexibility index (Phi) is 71.6. The summed E-state index contributed by atoms with van der Waals surface area (Å²) in [5.41, 5.74) is 0.